The van der Waals surface area contributed by atoms with Crippen LogP contribution in [0.1, 0.15) is 27.3 Å². The van der Waals surface area contributed by atoms with Gasteiger partial charge >= 0.3 is 5.69 Å². The Morgan fingerprint density at radius 3 is 2.59 bits per heavy atom. The van der Waals surface area contributed by atoms with Gasteiger partial charge in [0.1, 0.15) is 11.4 Å². The summed E-state index contributed by atoms with van der Waals surface area (Å²) in [5.74, 6) is -0.684. The minimum Gasteiger partial charge on any atom is -0.494 e. The van der Waals surface area contributed by atoms with Crippen LogP contribution in [0.3, 0.4) is 0 Å². The van der Waals surface area contributed by atoms with Crippen molar-refractivity contribution in [1.82, 2.24) is 14.8 Å². The van der Waals surface area contributed by atoms with E-state index in [-0.39, 0.29) is 17.3 Å². The van der Waals surface area contributed by atoms with Crippen molar-refractivity contribution in [3.63, 3.8) is 0 Å². The van der Waals surface area contributed by atoms with E-state index in [9.17, 15) is 19.3 Å². The summed E-state index contributed by atoms with van der Waals surface area (Å²) in [6, 6.07) is 11.4. The average Bonchev–Trinajstić information content (AvgIpc) is 3.38. The van der Waals surface area contributed by atoms with Crippen molar-refractivity contribution in [3.05, 3.63) is 86.3 Å². The van der Waals surface area contributed by atoms with E-state index in [1.54, 1.807) is 54.2 Å². The van der Waals surface area contributed by atoms with Crippen LogP contribution in [0.4, 0.5) is 15.2 Å². The van der Waals surface area contributed by atoms with Crippen LogP contribution in [0.2, 0.25) is 0 Å². The van der Waals surface area contributed by atoms with Crippen molar-refractivity contribution < 1.29 is 18.8 Å². The first kappa shape index (κ1) is 23.1. The molecule has 0 saturated heterocycles. The number of ether oxygens (including phenoxy) is 1. The number of methoxy groups -OCH3 is 1. The Bertz CT molecular complexity index is 1380. The number of nitrogens with zero attached hydrogens (tertiary/aromatic N) is 4. The Labute approximate surface area is 198 Å². The van der Waals surface area contributed by atoms with Gasteiger partial charge < -0.3 is 4.74 Å². The summed E-state index contributed by atoms with van der Waals surface area (Å²) >= 11 is 1.23. The molecule has 0 bridgehead atoms. The topological polar surface area (TPSA) is 112 Å². The Morgan fingerprint density at radius 1 is 1.24 bits per heavy atom. The van der Waals surface area contributed by atoms with Crippen LogP contribution in [0.15, 0.2) is 47.8 Å². The van der Waals surface area contributed by atoms with Gasteiger partial charge in [-0.05, 0) is 49.7 Å². The molecule has 34 heavy (non-hydrogen) atoms. The van der Waals surface area contributed by atoms with Crippen LogP contribution in [0, 0.1) is 29.8 Å². The van der Waals surface area contributed by atoms with E-state index in [0.29, 0.717) is 39.9 Å². The number of halogens is 1. The molecular weight excluding hydrogens is 461 g/mol. The number of nitro groups is 1. The lowest BCUT2D eigenvalue weighted by molar-refractivity contribution is -0.386. The molecule has 0 unspecified atom stereocenters. The molecule has 0 fully saturated rings. The monoisotopic (exact) mass is 481 g/mol. The molecule has 174 valence electrons. The second-order valence-corrected chi connectivity index (χ2v) is 8.33. The summed E-state index contributed by atoms with van der Waals surface area (Å²) in [5, 5.41) is 20.3. The molecule has 2 aromatic heterocycles. The molecule has 4 aromatic rings. The molecule has 2 aromatic carbocycles. The minimum absolute atomic E-state index is 0.0104. The van der Waals surface area contributed by atoms with Gasteiger partial charge in [-0.25, -0.2) is 9.37 Å². The van der Waals surface area contributed by atoms with Gasteiger partial charge in [0.2, 0.25) is 0 Å². The zero-order valence-electron chi connectivity index (χ0n) is 18.5. The van der Waals surface area contributed by atoms with E-state index in [1.807, 2.05) is 0 Å². The summed E-state index contributed by atoms with van der Waals surface area (Å²) < 4.78 is 20.5. The first-order chi connectivity index (χ1) is 16.3. The molecule has 1 N–H and O–H groups in total. The van der Waals surface area contributed by atoms with Crippen molar-refractivity contribution in [2.45, 2.75) is 20.4 Å². The largest absolute Gasteiger partial charge is 0.494 e. The zero-order chi connectivity index (χ0) is 24.4. The average molecular weight is 482 g/mol. The molecule has 0 aliphatic heterocycles. The third-order valence-corrected chi connectivity index (χ3v) is 6.00. The Hall–Kier alpha value is -4.12. The van der Waals surface area contributed by atoms with E-state index in [2.05, 4.69) is 15.4 Å². The number of aryl methyl sites for hydroxylation is 1. The number of amides is 1. The molecule has 0 aliphatic carbocycles. The molecule has 0 spiro atoms. The van der Waals surface area contributed by atoms with E-state index in [0.717, 1.165) is 5.56 Å². The van der Waals surface area contributed by atoms with Crippen LogP contribution in [-0.4, -0.2) is 32.7 Å². The summed E-state index contributed by atoms with van der Waals surface area (Å²) in [6.07, 6.45) is 0. The zero-order valence-corrected chi connectivity index (χ0v) is 19.4. The molecule has 11 heteroatoms. The van der Waals surface area contributed by atoms with Gasteiger partial charge in [0, 0.05) is 16.5 Å². The molecular formula is C23H20FN5O4S. The Kier molecular flexibility index (Phi) is 6.37. The normalized spacial score (nSPS) is 10.8. The van der Waals surface area contributed by atoms with Gasteiger partial charge in [-0.15, -0.1) is 11.3 Å². The number of carbonyl (C=O) groups excluding carboxylic acids is 1. The third kappa shape index (κ3) is 4.64. The number of nitrogens with one attached hydrogen (secondary N) is 1. The maximum Gasteiger partial charge on any atom is 0.312 e. The maximum atomic E-state index is 14.0. The third-order valence-electron chi connectivity index (χ3n) is 5.25. The fourth-order valence-electron chi connectivity index (χ4n) is 3.50. The van der Waals surface area contributed by atoms with Crippen molar-refractivity contribution >= 4 is 28.1 Å². The summed E-state index contributed by atoms with van der Waals surface area (Å²) in [7, 11) is 1.40. The van der Waals surface area contributed by atoms with E-state index in [1.165, 1.54) is 30.6 Å². The molecule has 0 aliphatic rings. The van der Waals surface area contributed by atoms with E-state index < -0.39 is 10.7 Å². The predicted molar refractivity (Wildman–Crippen MR) is 126 cm³/mol. The number of carbonyl (C=O) groups is 1. The first-order valence-corrected chi connectivity index (χ1v) is 11.0. The lowest BCUT2D eigenvalue weighted by Gasteiger charge is -2.06. The number of hydrogen-bond donors (Lipinski definition) is 1. The quantitative estimate of drug-likeness (QED) is 0.294. The highest BCUT2D eigenvalue weighted by Crippen LogP contribution is 2.29. The van der Waals surface area contributed by atoms with Gasteiger partial charge in [0.15, 0.2) is 16.7 Å². The van der Waals surface area contributed by atoms with Crippen LogP contribution in [0.5, 0.6) is 5.75 Å². The standard InChI is InChI=1S/C23H20FN5O4S/c1-13-21(29(31)32)14(2)28(27-13)11-15-4-6-16(7-5-15)22(30)26-23-25-19(12-34-23)17-8-9-20(33-3)18(24)10-17/h4-10,12H,11H2,1-3H3,(H,25,26,30). The van der Waals surface area contributed by atoms with Gasteiger partial charge in [0.05, 0.1) is 24.3 Å². The van der Waals surface area contributed by atoms with Crippen LogP contribution in [0.25, 0.3) is 11.3 Å². The maximum absolute atomic E-state index is 14.0. The van der Waals surface area contributed by atoms with Crippen molar-refractivity contribution in [2.75, 3.05) is 12.4 Å². The number of thiazole rings is 1. The predicted octanol–water partition coefficient (Wildman–Crippen LogP) is 4.98. The van der Waals surface area contributed by atoms with Gasteiger partial charge in [0.25, 0.3) is 5.91 Å². The van der Waals surface area contributed by atoms with Gasteiger partial charge in [-0.2, -0.15) is 5.10 Å². The van der Waals surface area contributed by atoms with Crippen LogP contribution >= 0.6 is 11.3 Å². The lowest BCUT2D eigenvalue weighted by atomic mass is 10.1. The van der Waals surface area contributed by atoms with Crippen LogP contribution in [-0.2, 0) is 6.54 Å². The van der Waals surface area contributed by atoms with Crippen molar-refractivity contribution in [1.29, 1.82) is 0 Å². The molecule has 4 rings (SSSR count). The molecule has 0 atom stereocenters. The number of anilines is 1. The number of benzene rings is 2. The lowest BCUT2D eigenvalue weighted by Crippen LogP contribution is -2.12. The van der Waals surface area contributed by atoms with Crippen molar-refractivity contribution in [3.8, 4) is 17.0 Å². The smallest absolute Gasteiger partial charge is 0.312 e. The molecule has 9 nitrogen and oxygen atoms in total. The minimum atomic E-state index is -0.492. The number of rotatable bonds is 7. The highest BCUT2D eigenvalue weighted by molar-refractivity contribution is 7.14. The summed E-state index contributed by atoms with van der Waals surface area (Å²) in [4.78, 5) is 27.7. The number of aromatic nitrogens is 3. The van der Waals surface area contributed by atoms with Crippen molar-refractivity contribution in [2.24, 2.45) is 0 Å². The van der Waals surface area contributed by atoms with Gasteiger partial charge in [-0.3, -0.25) is 24.9 Å². The summed E-state index contributed by atoms with van der Waals surface area (Å²) in [6.45, 7) is 3.60. The molecule has 0 radical (unpaired) electrons. The van der Waals surface area contributed by atoms with Gasteiger partial charge in [-0.1, -0.05) is 12.1 Å². The van der Waals surface area contributed by atoms with Crippen LogP contribution < -0.4 is 10.1 Å². The molecule has 2 heterocycles. The highest BCUT2D eigenvalue weighted by atomic mass is 32.1. The first-order valence-electron chi connectivity index (χ1n) is 10.1. The molecule has 1 amide bonds. The van der Waals surface area contributed by atoms with E-state index >= 15 is 0 Å². The SMILES string of the molecule is COc1ccc(-c2csc(NC(=O)c3ccc(Cn4nc(C)c([N+](=O)[O-])c4C)cc3)n2)cc1F. The second kappa shape index (κ2) is 9.40. The molecule has 0 saturated carbocycles. The summed E-state index contributed by atoms with van der Waals surface area (Å²) in [5.41, 5.74) is 3.22. The highest BCUT2D eigenvalue weighted by Gasteiger charge is 2.21. The fraction of sp³-hybridized carbons (Fsp3) is 0.174. The Balaban J connectivity index is 1.43. The second-order valence-electron chi connectivity index (χ2n) is 7.47. The number of hydrogen-bond acceptors (Lipinski definition) is 7. The fourth-order valence-corrected chi connectivity index (χ4v) is 4.21. The van der Waals surface area contributed by atoms with E-state index in [4.69, 9.17) is 4.74 Å². The Morgan fingerprint density at radius 2 is 1.97 bits per heavy atom.